The highest BCUT2D eigenvalue weighted by atomic mass is 16.5. The van der Waals surface area contributed by atoms with Crippen LogP contribution in [0, 0.1) is 0 Å². The molecule has 0 bridgehead atoms. The zero-order chi connectivity index (χ0) is 20.2. The van der Waals surface area contributed by atoms with Crippen molar-refractivity contribution in [1.82, 2.24) is 4.98 Å². The van der Waals surface area contributed by atoms with E-state index in [1.54, 1.807) is 42.3 Å². The van der Waals surface area contributed by atoms with Gasteiger partial charge in [0.1, 0.15) is 5.75 Å². The number of pyridine rings is 1. The Balaban J connectivity index is 1.54. The standard InChI is InChI=1S/C23H21N3O3/c1-29-20-10-8-19(9-11-20)25-22(27)17-13-18(15-24-14-17)23(28)26-12-4-6-16-5-2-3-7-21(16)26/h2-3,5,7-11,13-15H,4,6,12H2,1H3,(H,25,27). The number of amides is 2. The first kappa shape index (κ1) is 18.7. The van der Waals surface area contributed by atoms with Crippen LogP contribution in [-0.2, 0) is 6.42 Å². The lowest BCUT2D eigenvalue weighted by Crippen LogP contribution is -2.35. The van der Waals surface area contributed by atoms with Crippen molar-refractivity contribution < 1.29 is 14.3 Å². The molecule has 29 heavy (non-hydrogen) atoms. The van der Waals surface area contributed by atoms with Gasteiger partial charge in [-0.2, -0.15) is 0 Å². The minimum absolute atomic E-state index is 0.149. The molecule has 0 spiro atoms. The number of benzene rings is 2. The highest BCUT2D eigenvalue weighted by molar-refractivity contribution is 6.09. The van der Waals surface area contributed by atoms with Crippen molar-refractivity contribution in [2.75, 3.05) is 23.9 Å². The van der Waals surface area contributed by atoms with E-state index in [1.165, 1.54) is 12.4 Å². The molecule has 3 aromatic rings. The SMILES string of the molecule is COc1ccc(NC(=O)c2cncc(C(=O)N3CCCc4ccccc43)c2)cc1. The first-order valence-electron chi connectivity index (χ1n) is 9.46. The average molecular weight is 387 g/mol. The summed E-state index contributed by atoms with van der Waals surface area (Å²) in [5.74, 6) is 0.235. The quantitative estimate of drug-likeness (QED) is 0.736. The topological polar surface area (TPSA) is 71.5 Å². The van der Waals surface area contributed by atoms with Crippen LogP contribution in [-0.4, -0.2) is 30.5 Å². The van der Waals surface area contributed by atoms with Gasteiger partial charge in [-0.1, -0.05) is 18.2 Å². The van der Waals surface area contributed by atoms with Crippen molar-refractivity contribution >= 4 is 23.2 Å². The number of anilines is 2. The Hall–Kier alpha value is -3.67. The van der Waals surface area contributed by atoms with Gasteiger partial charge in [0, 0.05) is 30.3 Å². The van der Waals surface area contributed by atoms with Crippen LogP contribution in [0.25, 0.3) is 0 Å². The lowest BCUT2D eigenvalue weighted by atomic mass is 10.0. The average Bonchev–Trinajstić information content (AvgIpc) is 2.79. The normalized spacial score (nSPS) is 12.8. The molecule has 146 valence electrons. The molecule has 1 aliphatic rings. The zero-order valence-electron chi connectivity index (χ0n) is 16.1. The van der Waals surface area contributed by atoms with Crippen LogP contribution in [0.3, 0.4) is 0 Å². The van der Waals surface area contributed by atoms with E-state index in [4.69, 9.17) is 4.74 Å². The maximum Gasteiger partial charge on any atom is 0.259 e. The van der Waals surface area contributed by atoms with Gasteiger partial charge < -0.3 is 15.0 Å². The predicted octanol–water partition coefficient (Wildman–Crippen LogP) is 3.94. The number of methoxy groups -OCH3 is 1. The van der Waals surface area contributed by atoms with Gasteiger partial charge in [-0.3, -0.25) is 14.6 Å². The number of nitrogens with one attached hydrogen (secondary N) is 1. The molecule has 0 fully saturated rings. The van der Waals surface area contributed by atoms with Crippen LogP contribution < -0.4 is 15.0 Å². The molecule has 2 aromatic carbocycles. The molecule has 2 amide bonds. The van der Waals surface area contributed by atoms with E-state index in [0.717, 1.165) is 24.1 Å². The Bertz CT molecular complexity index is 1050. The lowest BCUT2D eigenvalue weighted by Gasteiger charge is -2.29. The number of nitrogens with zero attached hydrogens (tertiary/aromatic N) is 2. The molecule has 0 saturated heterocycles. The molecular formula is C23H21N3O3. The van der Waals surface area contributed by atoms with Gasteiger partial charge in [0.2, 0.25) is 0 Å². The Morgan fingerprint density at radius 3 is 2.59 bits per heavy atom. The molecule has 1 N–H and O–H groups in total. The fourth-order valence-corrected chi connectivity index (χ4v) is 3.46. The molecule has 0 aliphatic carbocycles. The number of aromatic nitrogens is 1. The van der Waals surface area contributed by atoms with Crippen molar-refractivity contribution in [3.05, 3.63) is 83.7 Å². The van der Waals surface area contributed by atoms with E-state index in [2.05, 4.69) is 10.3 Å². The third kappa shape index (κ3) is 3.96. The summed E-state index contributed by atoms with van der Waals surface area (Å²) in [6.45, 7) is 0.651. The summed E-state index contributed by atoms with van der Waals surface area (Å²) >= 11 is 0. The fraction of sp³-hybridized carbons (Fsp3) is 0.174. The largest absolute Gasteiger partial charge is 0.497 e. The summed E-state index contributed by atoms with van der Waals surface area (Å²) < 4.78 is 5.12. The van der Waals surface area contributed by atoms with Gasteiger partial charge in [0.25, 0.3) is 11.8 Å². The molecule has 1 aromatic heterocycles. The number of carbonyl (C=O) groups excluding carboxylic acids is 2. The number of carbonyl (C=O) groups is 2. The van der Waals surface area contributed by atoms with Gasteiger partial charge in [-0.25, -0.2) is 0 Å². The third-order valence-electron chi connectivity index (χ3n) is 4.95. The molecule has 6 nitrogen and oxygen atoms in total. The van der Waals surface area contributed by atoms with Gasteiger partial charge >= 0.3 is 0 Å². The molecule has 1 aliphatic heterocycles. The number of hydrogen-bond acceptors (Lipinski definition) is 4. The molecule has 0 atom stereocenters. The number of para-hydroxylation sites is 1. The number of rotatable bonds is 4. The van der Waals surface area contributed by atoms with Crippen molar-refractivity contribution in [1.29, 1.82) is 0 Å². The van der Waals surface area contributed by atoms with Crippen LogP contribution in [0.15, 0.2) is 67.0 Å². The Labute approximate surface area is 169 Å². The van der Waals surface area contributed by atoms with Crippen molar-refractivity contribution in [2.24, 2.45) is 0 Å². The molecule has 4 rings (SSSR count). The zero-order valence-corrected chi connectivity index (χ0v) is 16.1. The van der Waals surface area contributed by atoms with Crippen LogP contribution in [0.4, 0.5) is 11.4 Å². The monoisotopic (exact) mass is 387 g/mol. The molecule has 0 saturated carbocycles. The highest BCUT2D eigenvalue weighted by Crippen LogP contribution is 2.28. The maximum atomic E-state index is 13.1. The Morgan fingerprint density at radius 2 is 1.79 bits per heavy atom. The second-order valence-corrected chi connectivity index (χ2v) is 6.83. The second kappa shape index (κ2) is 8.14. The molecule has 6 heteroatoms. The van der Waals surface area contributed by atoms with E-state index in [1.807, 2.05) is 24.3 Å². The summed E-state index contributed by atoms with van der Waals surface area (Å²) in [4.78, 5) is 31.6. The summed E-state index contributed by atoms with van der Waals surface area (Å²) in [5, 5.41) is 2.81. The van der Waals surface area contributed by atoms with Crippen molar-refractivity contribution in [3.63, 3.8) is 0 Å². The Morgan fingerprint density at radius 1 is 1.03 bits per heavy atom. The van der Waals surface area contributed by atoms with E-state index >= 15 is 0 Å². The van der Waals surface area contributed by atoms with E-state index < -0.39 is 0 Å². The number of ether oxygens (including phenoxy) is 1. The van der Waals surface area contributed by atoms with Crippen LogP contribution in [0.2, 0.25) is 0 Å². The number of aryl methyl sites for hydroxylation is 1. The minimum Gasteiger partial charge on any atom is -0.497 e. The van der Waals surface area contributed by atoms with Gasteiger partial charge in [-0.05, 0) is 54.8 Å². The second-order valence-electron chi connectivity index (χ2n) is 6.83. The van der Waals surface area contributed by atoms with Crippen LogP contribution in [0.5, 0.6) is 5.75 Å². The molecule has 0 radical (unpaired) electrons. The van der Waals surface area contributed by atoms with Gasteiger partial charge in [-0.15, -0.1) is 0 Å². The van der Waals surface area contributed by atoms with Gasteiger partial charge in [0.15, 0.2) is 0 Å². The smallest absolute Gasteiger partial charge is 0.259 e. The van der Waals surface area contributed by atoms with Gasteiger partial charge in [0.05, 0.1) is 18.2 Å². The first-order chi connectivity index (χ1) is 14.2. The van der Waals surface area contributed by atoms with Crippen LogP contribution >= 0.6 is 0 Å². The number of fused-ring (bicyclic) bond motifs is 1. The first-order valence-corrected chi connectivity index (χ1v) is 9.46. The molecule has 0 unspecified atom stereocenters. The van der Waals surface area contributed by atoms with Crippen molar-refractivity contribution in [2.45, 2.75) is 12.8 Å². The van der Waals surface area contributed by atoms with Crippen LogP contribution in [0.1, 0.15) is 32.7 Å². The third-order valence-corrected chi connectivity index (χ3v) is 4.95. The summed E-state index contributed by atoms with van der Waals surface area (Å²) in [6, 6.07) is 16.5. The summed E-state index contributed by atoms with van der Waals surface area (Å²) in [5.41, 5.74) is 3.45. The predicted molar refractivity (Wildman–Crippen MR) is 112 cm³/mol. The molecular weight excluding hydrogens is 366 g/mol. The van der Waals surface area contributed by atoms with E-state index in [-0.39, 0.29) is 11.8 Å². The van der Waals surface area contributed by atoms with Crippen molar-refractivity contribution in [3.8, 4) is 5.75 Å². The minimum atomic E-state index is -0.323. The molecule has 2 heterocycles. The van der Waals surface area contributed by atoms with E-state index in [0.29, 0.717) is 29.1 Å². The lowest BCUT2D eigenvalue weighted by molar-refractivity contribution is 0.0984. The van der Waals surface area contributed by atoms with E-state index in [9.17, 15) is 9.59 Å². The number of hydrogen-bond donors (Lipinski definition) is 1. The summed E-state index contributed by atoms with van der Waals surface area (Å²) in [7, 11) is 1.59. The maximum absolute atomic E-state index is 13.1. The fourth-order valence-electron chi connectivity index (χ4n) is 3.46. The Kier molecular flexibility index (Phi) is 5.24. The summed E-state index contributed by atoms with van der Waals surface area (Å²) in [6.07, 6.45) is 4.83. The highest BCUT2D eigenvalue weighted by Gasteiger charge is 2.24.